The first-order valence-electron chi connectivity index (χ1n) is 7.97. The number of carbonyl (C=O) groups is 3. The van der Waals surface area contributed by atoms with Crippen LogP contribution in [0.15, 0.2) is 12.4 Å². The van der Waals surface area contributed by atoms with E-state index in [4.69, 9.17) is 0 Å². The molecule has 0 radical (unpaired) electrons. The molecule has 1 aromatic heterocycles. The summed E-state index contributed by atoms with van der Waals surface area (Å²) in [7, 11) is 1.82. The van der Waals surface area contributed by atoms with Crippen molar-refractivity contribution in [3.05, 3.63) is 18.2 Å². The number of aromatic nitrogens is 2. The van der Waals surface area contributed by atoms with Gasteiger partial charge in [0.1, 0.15) is 12.1 Å². The molecule has 2 rings (SSSR count). The van der Waals surface area contributed by atoms with Crippen molar-refractivity contribution in [2.75, 3.05) is 20.1 Å². The Morgan fingerprint density at radius 3 is 2.70 bits per heavy atom. The summed E-state index contributed by atoms with van der Waals surface area (Å²) in [6, 6.07) is 0.225. The molecule has 7 heteroatoms. The summed E-state index contributed by atoms with van der Waals surface area (Å²) in [5.41, 5.74) is 0. The first-order valence-corrected chi connectivity index (χ1v) is 7.97. The second-order valence-electron chi connectivity index (χ2n) is 5.90. The highest BCUT2D eigenvalue weighted by Gasteiger charge is 2.26. The fourth-order valence-corrected chi connectivity index (χ4v) is 2.95. The molecule has 0 spiro atoms. The van der Waals surface area contributed by atoms with Gasteiger partial charge in [-0.25, -0.2) is 4.98 Å². The number of hydrogen-bond donors (Lipinski definition) is 0. The first kappa shape index (κ1) is 17.2. The summed E-state index contributed by atoms with van der Waals surface area (Å²) in [5.74, 6) is 0.933. The van der Waals surface area contributed by atoms with E-state index >= 15 is 0 Å². The Morgan fingerprint density at radius 2 is 2.09 bits per heavy atom. The fourth-order valence-electron chi connectivity index (χ4n) is 2.95. The topological polar surface area (TPSA) is 75.5 Å². The lowest BCUT2D eigenvalue weighted by atomic mass is 10.0. The van der Waals surface area contributed by atoms with Crippen LogP contribution in [-0.4, -0.2) is 63.6 Å². The summed E-state index contributed by atoms with van der Waals surface area (Å²) in [6.45, 7) is 3.21. The first-order chi connectivity index (χ1) is 11.0. The third kappa shape index (κ3) is 4.40. The van der Waals surface area contributed by atoms with Gasteiger partial charge in [-0.1, -0.05) is 0 Å². The summed E-state index contributed by atoms with van der Waals surface area (Å²) in [6.07, 6.45) is 6.78. The van der Waals surface area contributed by atoms with E-state index in [9.17, 15) is 14.4 Å². The number of aryl methyl sites for hydroxylation is 1. The lowest BCUT2D eigenvalue weighted by molar-refractivity contribution is -0.134. The minimum absolute atomic E-state index is 0.0665. The Morgan fingerprint density at radius 1 is 1.39 bits per heavy atom. The molecule has 0 saturated carbocycles. The number of carbonyl (C=O) groups excluding carboxylic acids is 3. The van der Waals surface area contributed by atoms with Crippen molar-refractivity contribution < 1.29 is 14.4 Å². The van der Waals surface area contributed by atoms with Crippen LogP contribution in [0.1, 0.15) is 32.0 Å². The van der Waals surface area contributed by atoms with Gasteiger partial charge in [0.15, 0.2) is 0 Å². The number of piperidine rings is 1. The van der Waals surface area contributed by atoms with E-state index < -0.39 is 0 Å². The Labute approximate surface area is 136 Å². The summed E-state index contributed by atoms with van der Waals surface area (Å²) >= 11 is 0. The summed E-state index contributed by atoms with van der Waals surface area (Å²) in [5, 5.41) is 0. The maximum Gasteiger partial charge on any atom is 0.223 e. The summed E-state index contributed by atoms with van der Waals surface area (Å²) in [4.78, 5) is 42.1. The Hall–Kier alpha value is -2.18. The van der Waals surface area contributed by atoms with Crippen LogP contribution in [0.5, 0.6) is 0 Å². The molecule has 0 aromatic carbocycles. The van der Waals surface area contributed by atoms with Crippen molar-refractivity contribution in [2.24, 2.45) is 0 Å². The van der Waals surface area contributed by atoms with Crippen LogP contribution in [0.4, 0.5) is 0 Å². The van der Waals surface area contributed by atoms with Crippen molar-refractivity contribution in [1.29, 1.82) is 0 Å². The maximum atomic E-state index is 12.3. The number of nitrogens with zero attached hydrogens (tertiary/aromatic N) is 4. The van der Waals surface area contributed by atoms with Gasteiger partial charge in [-0.15, -0.1) is 0 Å². The minimum Gasteiger partial charge on any atom is -0.343 e. The minimum atomic E-state index is 0.0665. The Kier molecular flexibility index (Phi) is 5.90. The van der Waals surface area contributed by atoms with E-state index in [-0.39, 0.29) is 24.4 Å². The van der Waals surface area contributed by atoms with E-state index in [1.165, 1.54) is 0 Å². The molecule has 1 aromatic rings. The molecule has 126 valence electrons. The molecule has 1 fully saturated rings. The van der Waals surface area contributed by atoms with Gasteiger partial charge in [-0.2, -0.15) is 0 Å². The zero-order valence-electron chi connectivity index (χ0n) is 13.8. The molecule has 23 heavy (non-hydrogen) atoms. The van der Waals surface area contributed by atoms with E-state index in [1.54, 1.807) is 28.8 Å². The lowest BCUT2D eigenvalue weighted by Gasteiger charge is -2.36. The largest absolute Gasteiger partial charge is 0.343 e. The van der Waals surface area contributed by atoms with Gasteiger partial charge in [-0.3, -0.25) is 9.59 Å². The van der Waals surface area contributed by atoms with E-state index in [1.807, 2.05) is 11.9 Å². The highest BCUT2D eigenvalue weighted by Crippen LogP contribution is 2.16. The average Bonchev–Trinajstić information content (AvgIpc) is 2.99. The van der Waals surface area contributed by atoms with Crippen LogP contribution in [0, 0.1) is 0 Å². The van der Waals surface area contributed by atoms with Gasteiger partial charge in [0.25, 0.3) is 0 Å². The fraction of sp³-hybridized carbons (Fsp3) is 0.625. The molecule has 0 unspecified atom stereocenters. The molecule has 0 bridgehead atoms. The molecule has 0 N–H and O–H groups in total. The molecule has 1 aliphatic heterocycles. The van der Waals surface area contributed by atoms with Crippen LogP contribution in [0.25, 0.3) is 0 Å². The van der Waals surface area contributed by atoms with E-state index in [0.29, 0.717) is 25.9 Å². The number of hydrogen-bond acceptors (Lipinski definition) is 4. The van der Waals surface area contributed by atoms with Crippen molar-refractivity contribution >= 4 is 18.1 Å². The zero-order valence-corrected chi connectivity index (χ0v) is 13.8. The van der Waals surface area contributed by atoms with Crippen LogP contribution >= 0.6 is 0 Å². The van der Waals surface area contributed by atoms with Gasteiger partial charge >= 0.3 is 0 Å². The van der Waals surface area contributed by atoms with Gasteiger partial charge in [0, 0.05) is 58.3 Å². The lowest BCUT2D eigenvalue weighted by Crippen LogP contribution is -2.46. The third-order valence-electron chi connectivity index (χ3n) is 4.50. The number of rotatable bonds is 6. The van der Waals surface area contributed by atoms with Gasteiger partial charge in [-0.05, 0) is 12.8 Å². The van der Waals surface area contributed by atoms with Crippen LogP contribution < -0.4 is 0 Å². The molecule has 7 nitrogen and oxygen atoms in total. The molecule has 0 atom stereocenters. The molecule has 2 amide bonds. The number of amides is 2. The van der Waals surface area contributed by atoms with Gasteiger partial charge < -0.3 is 19.2 Å². The van der Waals surface area contributed by atoms with Crippen molar-refractivity contribution in [3.8, 4) is 0 Å². The average molecular weight is 320 g/mol. The zero-order chi connectivity index (χ0) is 16.8. The highest BCUT2D eigenvalue weighted by atomic mass is 16.2. The molecule has 1 saturated heterocycles. The monoisotopic (exact) mass is 320 g/mol. The van der Waals surface area contributed by atoms with Crippen molar-refractivity contribution in [1.82, 2.24) is 19.4 Å². The van der Waals surface area contributed by atoms with Crippen molar-refractivity contribution in [3.63, 3.8) is 0 Å². The standard InChI is InChI=1S/C16H24N4O3/c1-13(22)18(2)14-5-8-20(9-6-14)16(23)4-3-15-17-7-10-19(15)11-12-21/h7,10,12,14H,3-6,8-9,11H2,1-2H3. The highest BCUT2D eigenvalue weighted by molar-refractivity contribution is 5.76. The second-order valence-corrected chi connectivity index (χ2v) is 5.90. The Balaban J connectivity index is 1.80. The molecular weight excluding hydrogens is 296 g/mol. The number of likely N-dealkylation sites (tertiary alicyclic amines) is 1. The van der Waals surface area contributed by atoms with Gasteiger partial charge in [0.2, 0.25) is 11.8 Å². The smallest absolute Gasteiger partial charge is 0.223 e. The second kappa shape index (κ2) is 7.89. The van der Waals surface area contributed by atoms with E-state index in [0.717, 1.165) is 25.0 Å². The quantitative estimate of drug-likeness (QED) is 0.715. The molecular formula is C16H24N4O3. The number of aldehydes is 1. The predicted molar refractivity (Wildman–Crippen MR) is 84.7 cm³/mol. The molecule has 2 heterocycles. The predicted octanol–water partition coefficient (Wildman–Crippen LogP) is 0.484. The summed E-state index contributed by atoms with van der Waals surface area (Å²) < 4.78 is 1.76. The Bertz CT molecular complexity index is 561. The van der Waals surface area contributed by atoms with Crippen LogP contribution in [0.2, 0.25) is 0 Å². The van der Waals surface area contributed by atoms with Crippen LogP contribution in [-0.2, 0) is 27.3 Å². The molecule has 0 aliphatic carbocycles. The van der Waals surface area contributed by atoms with Crippen LogP contribution in [0.3, 0.4) is 0 Å². The maximum absolute atomic E-state index is 12.3. The van der Waals surface area contributed by atoms with Gasteiger partial charge in [0.05, 0.1) is 6.54 Å². The number of imidazole rings is 1. The normalized spacial score (nSPS) is 15.5. The van der Waals surface area contributed by atoms with Crippen molar-refractivity contribution in [2.45, 2.75) is 45.2 Å². The van der Waals surface area contributed by atoms with E-state index in [2.05, 4.69) is 4.98 Å². The third-order valence-corrected chi connectivity index (χ3v) is 4.50. The SMILES string of the molecule is CC(=O)N(C)C1CCN(C(=O)CCc2nccn2CC=O)CC1. The molecule has 1 aliphatic rings.